The number of anilines is 1. The number of para-hydroxylation sites is 1. The van der Waals surface area contributed by atoms with Crippen molar-refractivity contribution in [3.05, 3.63) is 65.2 Å². The molecule has 2 aromatic rings. The SMILES string of the molecule is C[C@@H](Nc1ccccc1)c1ccccc1Cl. The summed E-state index contributed by atoms with van der Waals surface area (Å²) in [4.78, 5) is 0. The van der Waals surface area contributed by atoms with Gasteiger partial charge in [0, 0.05) is 16.8 Å². The van der Waals surface area contributed by atoms with Crippen LogP contribution in [-0.2, 0) is 0 Å². The topological polar surface area (TPSA) is 12.0 Å². The van der Waals surface area contributed by atoms with E-state index < -0.39 is 0 Å². The molecule has 0 aromatic heterocycles. The third-order valence-electron chi connectivity index (χ3n) is 2.53. The largest absolute Gasteiger partial charge is 0.378 e. The molecule has 2 heteroatoms. The van der Waals surface area contributed by atoms with E-state index >= 15 is 0 Å². The molecule has 2 rings (SSSR count). The third kappa shape index (κ3) is 2.56. The molecule has 0 saturated heterocycles. The maximum Gasteiger partial charge on any atom is 0.0500 e. The van der Waals surface area contributed by atoms with Crippen molar-refractivity contribution in [3.63, 3.8) is 0 Å². The summed E-state index contributed by atoms with van der Waals surface area (Å²) in [5, 5.41) is 4.22. The Kier molecular flexibility index (Phi) is 3.47. The molecule has 0 saturated carbocycles. The number of rotatable bonds is 3. The van der Waals surface area contributed by atoms with Crippen LogP contribution >= 0.6 is 11.6 Å². The lowest BCUT2D eigenvalue weighted by Gasteiger charge is -2.16. The van der Waals surface area contributed by atoms with Crippen LogP contribution in [0.2, 0.25) is 5.02 Å². The highest BCUT2D eigenvalue weighted by molar-refractivity contribution is 6.31. The lowest BCUT2D eigenvalue weighted by Crippen LogP contribution is -2.06. The minimum atomic E-state index is 0.205. The van der Waals surface area contributed by atoms with E-state index in [-0.39, 0.29) is 6.04 Å². The van der Waals surface area contributed by atoms with Crippen LogP contribution in [-0.4, -0.2) is 0 Å². The summed E-state index contributed by atoms with van der Waals surface area (Å²) in [6, 6.07) is 18.3. The van der Waals surface area contributed by atoms with Gasteiger partial charge >= 0.3 is 0 Å². The lowest BCUT2D eigenvalue weighted by atomic mass is 10.1. The van der Waals surface area contributed by atoms with E-state index in [1.165, 1.54) is 0 Å². The number of hydrogen-bond acceptors (Lipinski definition) is 1. The van der Waals surface area contributed by atoms with Gasteiger partial charge in [-0.2, -0.15) is 0 Å². The van der Waals surface area contributed by atoms with Crippen molar-refractivity contribution in [2.45, 2.75) is 13.0 Å². The molecule has 0 unspecified atom stereocenters. The fraction of sp³-hybridized carbons (Fsp3) is 0.143. The van der Waals surface area contributed by atoms with Crippen LogP contribution in [0, 0.1) is 0 Å². The molecule has 0 radical (unpaired) electrons. The van der Waals surface area contributed by atoms with Crippen molar-refractivity contribution in [1.29, 1.82) is 0 Å². The van der Waals surface area contributed by atoms with E-state index in [0.29, 0.717) is 0 Å². The summed E-state index contributed by atoms with van der Waals surface area (Å²) in [7, 11) is 0. The van der Waals surface area contributed by atoms with Gasteiger partial charge in [-0.25, -0.2) is 0 Å². The average Bonchev–Trinajstić information content (AvgIpc) is 2.31. The van der Waals surface area contributed by atoms with E-state index in [4.69, 9.17) is 11.6 Å². The highest BCUT2D eigenvalue weighted by Gasteiger charge is 2.07. The molecule has 0 heterocycles. The average molecular weight is 232 g/mol. The van der Waals surface area contributed by atoms with Gasteiger partial charge in [0.05, 0.1) is 0 Å². The van der Waals surface area contributed by atoms with E-state index in [1.807, 2.05) is 54.6 Å². The Hall–Kier alpha value is -1.47. The molecule has 16 heavy (non-hydrogen) atoms. The Bertz CT molecular complexity index is 453. The van der Waals surface area contributed by atoms with Crippen LogP contribution in [0.25, 0.3) is 0 Å². The second kappa shape index (κ2) is 5.04. The van der Waals surface area contributed by atoms with Gasteiger partial charge < -0.3 is 5.32 Å². The van der Waals surface area contributed by atoms with Gasteiger partial charge in [0.15, 0.2) is 0 Å². The first kappa shape index (κ1) is 11.0. The van der Waals surface area contributed by atoms with Crippen molar-refractivity contribution in [3.8, 4) is 0 Å². The summed E-state index contributed by atoms with van der Waals surface area (Å²) >= 11 is 6.15. The van der Waals surface area contributed by atoms with Crippen molar-refractivity contribution in [1.82, 2.24) is 0 Å². The van der Waals surface area contributed by atoms with Crippen molar-refractivity contribution in [2.75, 3.05) is 5.32 Å². The van der Waals surface area contributed by atoms with Crippen LogP contribution in [0.1, 0.15) is 18.5 Å². The van der Waals surface area contributed by atoms with Crippen LogP contribution in [0.3, 0.4) is 0 Å². The van der Waals surface area contributed by atoms with E-state index in [9.17, 15) is 0 Å². The van der Waals surface area contributed by atoms with Gasteiger partial charge in [-0.05, 0) is 30.7 Å². The standard InChI is InChI=1S/C14H14ClN/c1-11(13-9-5-6-10-14(13)15)16-12-7-3-2-4-8-12/h2-11,16H,1H3/t11-/m1/s1. The summed E-state index contributed by atoms with van der Waals surface area (Å²) in [6.45, 7) is 2.11. The van der Waals surface area contributed by atoms with Crippen LogP contribution in [0.15, 0.2) is 54.6 Å². The van der Waals surface area contributed by atoms with Crippen LogP contribution in [0.5, 0.6) is 0 Å². The maximum atomic E-state index is 6.15. The Morgan fingerprint density at radius 3 is 2.25 bits per heavy atom. The van der Waals surface area contributed by atoms with Gasteiger partial charge in [0.2, 0.25) is 0 Å². The Morgan fingerprint density at radius 2 is 1.56 bits per heavy atom. The van der Waals surface area contributed by atoms with Gasteiger partial charge in [-0.1, -0.05) is 48.0 Å². The van der Waals surface area contributed by atoms with Crippen LogP contribution < -0.4 is 5.32 Å². The zero-order valence-corrected chi connectivity index (χ0v) is 9.91. The molecule has 0 aliphatic heterocycles. The van der Waals surface area contributed by atoms with Gasteiger partial charge in [0.25, 0.3) is 0 Å². The normalized spacial score (nSPS) is 12.1. The highest BCUT2D eigenvalue weighted by Crippen LogP contribution is 2.25. The second-order valence-corrected chi connectivity index (χ2v) is 4.16. The quantitative estimate of drug-likeness (QED) is 0.820. The van der Waals surface area contributed by atoms with Crippen LogP contribution in [0.4, 0.5) is 5.69 Å². The lowest BCUT2D eigenvalue weighted by molar-refractivity contribution is 0.885. The minimum absolute atomic E-state index is 0.205. The first-order valence-electron chi connectivity index (χ1n) is 5.33. The zero-order chi connectivity index (χ0) is 11.4. The summed E-state index contributed by atoms with van der Waals surface area (Å²) in [5.74, 6) is 0. The molecule has 0 spiro atoms. The summed E-state index contributed by atoms with van der Waals surface area (Å²) in [5.41, 5.74) is 2.22. The van der Waals surface area contributed by atoms with Gasteiger partial charge in [-0.3, -0.25) is 0 Å². The van der Waals surface area contributed by atoms with E-state index in [2.05, 4.69) is 12.2 Å². The highest BCUT2D eigenvalue weighted by atomic mass is 35.5. The Balaban J connectivity index is 2.15. The number of benzene rings is 2. The number of hydrogen-bond donors (Lipinski definition) is 1. The van der Waals surface area contributed by atoms with Crippen molar-refractivity contribution < 1.29 is 0 Å². The fourth-order valence-electron chi connectivity index (χ4n) is 1.69. The molecule has 2 aromatic carbocycles. The van der Waals surface area contributed by atoms with Crippen molar-refractivity contribution >= 4 is 17.3 Å². The predicted molar refractivity (Wildman–Crippen MR) is 69.9 cm³/mol. The molecule has 82 valence electrons. The molecule has 0 bridgehead atoms. The van der Waals surface area contributed by atoms with Gasteiger partial charge in [0.1, 0.15) is 0 Å². The monoisotopic (exact) mass is 231 g/mol. The maximum absolute atomic E-state index is 6.15. The first-order chi connectivity index (χ1) is 7.77. The summed E-state index contributed by atoms with van der Waals surface area (Å²) in [6.07, 6.45) is 0. The molecule has 1 atom stereocenters. The molecule has 0 aliphatic rings. The van der Waals surface area contributed by atoms with Crippen molar-refractivity contribution in [2.24, 2.45) is 0 Å². The zero-order valence-electron chi connectivity index (χ0n) is 9.15. The third-order valence-corrected chi connectivity index (χ3v) is 2.87. The van der Waals surface area contributed by atoms with E-state index in [1.54, 1.807) is 0 Å². The molecule has 1 N–H and O–H groups in total. The molecular weight excluding hydrogens is 218 g/mol. The molecule has 0 fully saturated rings. The molecule has 0 amide bonds. The number of halogens is 1. The smallest absolute Gasteiger partial charge is 0.0500 e. The Morgan fingerprint density at radius 1 is 0.938 bits per heavy atom. The number of nitrogens with one attached hydrogen (secondary N) is 1. The summed E-state index contributed by atoms with van der Waals surface area (Å²) < 4.78 is 0. The van der Waals surface area contributed by atoms with E-state index in [0.717, 1.165) is 16.3 Å². The molecule has 1 nitrogen and oxygen atoms in total. The molecule has 0 aliphatic carbocycles. The molecular formula is C14H14ClN. The minimum Gasteiger partial charge on any atom is -0.378 e. The predicted octanol–water partition coefficient (Wildman–Crippen LogP) is 4.51. The first-order valence-corrected chi connectivity index (χ1v) is 5.71. The second-order valence-electron chi connectivity index (χ2n) is 3.75. The Labute approximate surface area is 101 Å². The van der Waals surface area contributed by atoms with Gasteiger partial charge in [-0.15, -0.1) is 0 Å². The fourth-order valence-corrected chi connectivity index (χ4v) is 1.99.